The van der Waals surface area contributed by atoms with Crippen LogP contribution in [0.15, 0.2) is 89.6 Å². The number of rotatable bonds is 6. The molecule has 0 amide bonds. The van der Waals surface area contributed by atoms with E-state index in [0.717, 1.165) is 24.2 Å². The fourth-order valence-electron chi connectivity index (χ4n) is 3.29. The van der Waals surface area contributed by atoms with Crippen molar-refractivity contribution in [1.82, 2.24) is 0 Å². The van der Waals surface area contributed by atoms with Gasteiger partial charge in [-0.1, -0.05) is 11.1 Å². The molecule has 0 unspecified atom stereocenters. The maximum Gasteiger partial charge on any atom is 0.113 e. The quantitative estimate of drug-likeness (QED) is 0.185. The van der Waals surface area contributed by atoms with Crippen LogP contribution in [-0.2, 0) is 65.4 Å². The molecule has 0 N–H and O–H groups in total. The van der Waals surface area contributed by atoms with E-state index in [1.54, 1.807) is 0 Å². The third-order valence-electron chi connectivity index (χ3n) is 5.07. The van der Waals surface area contributed by atoms with E-state index in [1.807, 2.05) is 84.3 Å². The molecule has 0 fully saturated rings. The Labute approximate surface area is 238 Å². The molecule has 3 rings (SSSR count). The summed E-state index contributed by atoms with van der Waals surface area (Å²) in [4.78, 5) is 1.96. The number of anilines is 1. The van der Waals surface area contributed by atoms with Crippen molar-refractivity contribution >= 4 is 17.6 Å². The fourth-order valence-corrected chi connectivity index (χ4v) is 3.29. The predicted molar refractivity (Wildman–Crippen MR) is 121 cm³/mol. The van der Waals surface area contributed by atoms with Crippen molar-refractivity contribution in [2.24, 2.45) is 0 Å². The molecule has 0 saturated carbocycles. The Bertz CT molecular complexity index is 955. The summed E-state index contributed by atoms with van der Waals surface area (Å²) in [6.45, 7) is 2.21. The van der Waals surface area contributed by atoms with Crippen molar-refractivity contribution in [3.05, 3.63) is 108 Å². The van der Waals surface area contributed by atoms with Gasteiger partial charge >= 0.3 is 0 Å². The third kappa shape index (κ3) is 8.85. The molecule has 0 bridgehead atoms. The molecule has 0 spiro atoms. The van der Waals surface area contributed by atoms with E-state index < -0.39 is 0 Å². The second-order valence-electron chi connectivity index (χ2n) is 7.07. The van der Waals surface area contributed by atoms with Crippen LogP contribution >= 0.6 is 0 Å². The third-order valence-corrected chi connectivity index (χ3v) is 5.07. The van der Waals surface area contributed by atoms with Crippen molar-refractivity contribution in [1.29, 1.82) is 0 Å². The number of para-hydroxylation sites is 2. The predicted octanol–water partition coefficient (Wildman–Crippen LogP) is 5.94. The van der Waals surface area contributed by atoms with Gasteiger partial charge in [-0.25, -0.2) is 12.1 Å². The van der Waals surface area contributed by atoms with Gasteiger partial charge in [0, 0.05) is 65.4 Å². The molecule has 2 aromatic rings. The molecule has 0 atom stereocenters. The molecule has 4 heteroatoms. The summed E-state index contributed by atoms with van der Waals surface area (Å²) in [6.07, 6.45) is 18.3. The number of nitrogens with zero attached hydrogens (tertiary/aromatic N) is 2. The first-order chi connectivity index (χ1) is 14.1. The van der Waals surface area contributed by atoms with E-state index >= 15 is 0 Å². The van der Waals surface area contributed by atoms with Crippen LogP contribution < -0.4 is 4.90 Å². The second-order valence-corrected chi connectivity index (χ2v) is 7.07. The zero-order chi connectivity index (χ0) is 20.5. The van der Waals surface area contributed by atoms with Crippen molar-refractivity contribution < 1.29 is 70.0 Å². The van der Waals surface area contributed by atoms with Gasteiger partial charge < -0.3 is 9.48 Å². The molecule has 0 aromatic heterocycles. The van der Waals surface area contributed by atoms with Crippen molar-refractivity contribution in [2.75, 3.05) is 19.0 Å². The molecular formula is C27H27N2Y2-3. The molecule has 1 aliphatic rings. The van der Waals surface area contributed by atoms with Crippen molar-refractivity contribution in [2.45, 2.75) is 26.2 Å². The van der Waals surface area contributed by atoms with Gasteiger partial charge in [0.25, 0.3) is 0 Å². The first kappa shape index (κ1) is 28.1. The summed E-state index contributed by atoms with van der Waals surface area (Å²) in [5.74, 6) is 0. The Morgan fingerprint density at radius 3 is 2.45 bits per heavy atom. The Kier molecular flexibility index (Phi) is 13.6. The smallest absolute Gasteiger partial charge is 0.113 e. The SMILES string of the molecule is CC1=C(/C=C/[C-]=[N+](C)c2[c-]cccc2)CCC/C1=C\C=[C-]N(C)c1[c-]cccc1.[Y].[Y]. The van der Waals surface area contributed by atoms with E-state index in [0.29, 0.717) is 0 Å². The van der Waals surface area contributed by atoms with E-state index in [4.69, 9.17) is 0 Å². The van der Waals surface area contributed by atoms with Gasteiger partial charge in [0.05, 0.1) is 0 Å². The second kappa shape index (κ2) is 15.0. The molecule has 154 valence electrons. The Morgan fingerprint density at radius 2 is 1.77 bits per heavy atom. The van der Waals surface area contributed by atoms with Crippen molar-refractivity contribution in [3.63, 3.8) is 0 Å². The molecule has 1 aliphatic carbocycles. The summed E-state index contributed by atoms with van der Waals surface area (Å²) in [7, 11) is 3.98. The van der Waals surface area contributed by atoms with Gasteiger partial charge in [0.15, 0.2) is 0 Å². The van der Waals surface area contributed by atoms with Crippen LogP contribution in [0.25, 0.3) is 0 Å². The maximum absolute atomic E-state index is 3.30. The number of hydrogen-bond acceptors (Lipinski definition) is 1. The largest absolute Gasteiger partial charge is 0.479 e. The van der Waals surface area contributed by atoms with Crippen LogP contribution in [0, 0.1) is 18.3 Å². The molecular weight excluding hydrogens is 530 g/mol. The summed E-state index contributed by atoms with van der Waals surface area (Å²) in [6, 6.07) is 22.3. The first-order valence-corrected chi connectivity index (χ1v) is 9.97. The van der Waals surface area contributed by atoms with E-state index in [-0.39, 0.29) is 65.4 Å². The van der Waals surface area contributed by atoms with Gasteiger partial charge in [-0.2, -0.15) is 66.4 Å². The van der Waals surface area contributed by atoms with E-state index in [9.17, 15) is 0 Å². The normalized spacial score (nSPS) is 15.8. The number of allylic oxidation sites excluding steroid dienone is 7. The van der Waals surface area contributed by atoms with Crippen molar-refractivity contribution in [3.8, 4) is 0 Å². The van der Waals surface area contributed by atoms with Gasteiger partial charge in [-0.05, 0) is 38.9 Å². The zero-order valence-corrected chi connectivity index (χ0v) is 24.3. The summed E-state index contributed by atoms with van der Waals surface area (Å²) in [5.41, 5.74) is 6.12. The molecule has 2 aromatic carbocycles. The average Bonchev–Trinajstić information content (AvgIpc) is 2.77. The first-order valence-electron chi connectivity index (χ1n) is 9.97. The fraction of sp³-hybridized carbons (Fsp3) is 0.222. The monoisotopic (exact) mass is 557 g/mol. The Hall–Kier alpha value is -0.922. The van der Waals surface area contributed by atoms with E-state index in [1.165, 1.54) is 23.1 Å². The van der Waals surface area contributed by atoms with Crippen LogP contribution in [0.4, 0.5) is 11.4 Å². The Morgan fingerprint density at radius 1 is 1.03 bits per heavy atom. The summed E-state index contributed by atoms with van der Waals surface area (Å²) in [5, 5.41) is 0. The molecule has 0 saturated heterocycles. The van der Waals surface area contributed by atoms with Gasteiger partial charge in [-0.15, -0.1) is 23.9 Å². The standard InChI is InChI=1S/C27H27N2.2Y/c1-23-24(15-11-21-28(2)26-17-6-4-7-18-26)13-10-14-25(23)16-12-22-29(3)27-19-8-5-9-20-27;;/h4-9,11-12,15-17,19H,10,13-14H2,1-3H3;;/q-3;;/b15-11+,25-16+;;. The molecule has 2 radical (unpaired) electrons. The molecule has 31 heavy (non-hydrogen) atoms. The minimum atomic E-state index is 0. The van der Waals surface area contributed by atoms with Crippen LogP contribution in [0.1, 0.15) is 26.2 Å². The molecule has 0 heterocycles. The van der Waals surface area contributed by atoms with E-state index in [2.05, 4.69) is 43.6 Å². The molecule has 0 aliphatic heterocycles. The molecule has 2 nitrogen and oxygen atoms in total. The van der Waals surface area contributed by atoms with Crippen LogP contribution in [0.2, 0.25) is 0 Å². The zero-order valence-electron chi connectivity index (χ0n) is 18.6. The summed E-state index contributed by atoms with van der Waals surface area (Å²) >= 11 is 0. The Balaban J connectivity index is 0.00000240. The number of hydrogen-bond donors (Lipinski definition) is 0. The average molecular weight is 557 g/mol. The van der Waals surface area contributed by atoms with Crippen LogP contribution in [0.5, 0.6) is 0 Å². The number of benzene rings is 2. The van der Waals surface area contributed by atoms with Crippen LogP contribution in [-0.4, -0.2) is 24.9 Å². The van der Waals surface area contributed by atoms with Crippen LogP contribution in [0.3, 0.4) is 0 Å². The summed E-state index contributed by atoms with van der Waals surface area (Å²) < 4.78 is 1.96. The minimum absolute atomic E-state index is 0. The topological polar surface area (TPSA) is 6.25 Å². The minimum Gasteiger partial charge on any atom is -0.479 e. The maximum atomic E-state index is 3.30. The van der Waals surface area contributed by atoms with Gasteiger partial charge in [0.1, 0.15) is 13.3 Å². The van der Waals surface area contributed by atoms with Gasteiger partial charge in [0.2, 0.25) is 0 Å². The van der Waals surface area contributed by atoms with Gasteiger partial charge in [-0.3, -0.25) is 0 Å².